The predicted molar refractivity (Wildman–Crippen MR) is 59.4 cm³/mol. The first-order chi connectivity index (χ1) is 7.47. The Morgan fingerprint density at radius 3 is 2.50 bits per heavy atom. The van der Waals surface area contributed by atoms with Crippen molar-refractivity contribution in [2.24, 2.45) is 5.73 Å². The molecule has 4 heteroatoms. The van der Waals surface area contributed by atoms with Gasteiger partial charge < -0.3 is 15.2 Å². The normalized spacial score (nSPS) is 15.0. The van der Waals surface area contributed by atoms with Gasteiger partial charge in [-0.3, -0.25) is 0 Å². The molecule has 0 aliphatic carbocycles. The van der Waals surface area contributed by atoms with Crippen LogP contribution in [-0.4, -0.2) is 18.8 Å². The van der Waals surface area contributed by atoms with Crippen molar-refractivity contribution in [3.8, 4) is 11.5 Å². The Bertz CT molecular complexity index is 399. The molecule has 2 N–H and O–H groups in total. The fourth-order valence-electron chi connectivity index (χ4n) is 1.79. The zero-order valence-electron chi connectivity index (χ0n) is 9.55. The Morgan fingerprint density at radius 2 is 1.88 bits per heavy atom. The van der Waals surface area contributed by atoms with Crippen LogP contribution in [0.1, 0.15) is 19.4 Å². The number of hydrogen-bond acceptors (Lipinski definition) is 3. The highest BCUT2D eigenvalue weighted by Gasteiger charge is 2.23. The number of nitrogens with two attached hydrogens (primary N) is 1. The summed E-state index contributed by atoms with van der Waals surface area (Å²) in [4.78, 5) is 0. The molecule has 3 nitrogen and oxygen atoms in total. The summed E-state index contributed by atoms with van der Waals surface area (Å²) in [6, 6.07) is 3.10. The van der Waals surface area contributed by atoms with E-state index in [1.807, 2.05) is 13.8 Å². The van der Waals surface area contributed by atoms with E-state index in [-0.39, 0.29) is 17.1 Å². The van der Waals surface area contributed by atoms with Crippen LogP contribution in [0.25, 0.3) is 0 Å². The number of fused-ring (bicyclic) bond motifs is 1. The first-order valence-corrected chi connectivity index (χ1v) is 5.33. The Morgan fingerprint density at radius 1 is 1.25 bits per heavy atom. The number of halogens is 1. The highest BCUT2D eigenvalue weighted by Crippen LogP contribution is 2.37. The Kier molecular flexibility index (Phi) is 2.76. The molecule has 0 fully saturated rings. The van der Waals surface area contributed by atoms with E-state index < -0.39 is 0 Å². The van der Waals surface area contributed by atoms with Gasteiger partial charge in [-0.2, -0.15) is 0 Å². The second kappa shape index (κ2) is 3.94. The molecule has 1 aromatic carbocycles. The van der Waals surface area contributed by atoms with Gasteiger partial charge in [0.2, 0.25) is 0 Å². The lowest BCUT2D eigenvalue weighted by Gasteiger charge is -2.25. The molecule has 0 atom stereocenters. The minimum absolute atomic E-state index is 0.216. The topological polar surface area (TPSA) is 44.5 Å². The van der Waals surface area contributed by atoms with Gasteiger partial charge >= 0.3 is 0 Å². The van der Waals surface area contributed by atoms with Crippen LogP contribution in [0.2, 0.25) is 0 Å². The van der Waals surface area contributed by atoms with E-state index in [0.29, 0.717) is 25.4 Å². The van der Waals surface area contributed by atoms with Gasteiger partial charge in [0.15, 0.2) is 17.3 Å². The molecule has 0 radical (unpaired) electrons. The van der Waals surface area contributed by atoms with Crippen LogP contribution in [-0.2, 0) is 6.42 Å². The highest BCUT2D eigenvalue weighted by molar-refractivity contribution is 5.49. The molecule has 1 aromatic rings. The average Bonchev–Trinajstić information content (AvgIpc) is 2.21. The lowest BCUT2D eigenvalue weighted by Crippen LogP contribution is -2.34. The average molecular weight is 225 g/mol. The van der Waals surface area contributed by atoms with Crippen LogP contribution in [0.4, 0.5) is 4.39 Å². The molecule has 0 bridgehead atoms. The largest absolute Gasteiger partial charge is 0.486 e. The maximum absolute atomic E-state index is 13.4. The third-order valence-electron chi connectivity index (χ3n) is 2.37. The molecule has 0 saturated heterocycles. The number of ether oxygens (including phenoxy) is 2. The van der Waals surface area contributed by atoms with Crippen molar-refractivity contribution in [1.29, 1.82) is 0 Å². The minimum atomic E-state index is -0.381. The predicted octanol–water partition coefficient (Wildman–Crippen LogP) is 1.88. The van der Waals surface area contributed by atoms with Crippen molar-refractivity contribution in [2.45, 2.75) is 25.8 Å². The van der Waals surface area contributed by atoms with Crippen molar-refractivity contribution in [2.75, 3.05) is 13.2 Å². The van der Waals surface area contributed by atoms with E-state index in [1.165, 1.54) is 6.07 Å². The van der Waals surface area contributed by atoms with E-state index in [0.717, 1.165) is 5.56 Å². The van der Waals surface area contributed by atoms with E-state index in [1.54, 1.807) is 6.07 Å². The maximum atomic E-state index is 13.4. The van der Waals surface area contributed by atoms with Gasteiger partial charge in [0.05, 0.1) is 0 Å². The monoisotopic (exact) mass is 225 g/mol. The molecule has 0 amide bonds. The summed E-state index contributed by atoms with van der Waals surface area (Å²) in [5, 5.41) is 0. The lowest BCUT2D eigenvalue weighted by atomic mass is 9.95. The van der Waals surface area contributed by atoms with Gasteiger partial charge in [-0.15, -0.1) is 0 Å². The standard InChI is InChI=1S/C12H16FNO2/c1-12(2,14)7-8-3-4-9(13)11-10(8)15-5-6-16-11/h3-4H,5-7,14H2,1-2H3. The van der Waals surface area contributed by atoms with E-state index in [4.69, 9.17) is 15.2 Å². The van der Waals surface area contributed by atoms with Gasteiger partial charge in [0.25, 0.3) is 0 Å². The summed E-state index contributed by atoms with van der Waals surface area (Å²) in [6.45, 7) is 4.69. The second-order valence-corrected chi connectivity index (χ2v) is 4.73. The van der Waals surface area contributed by atoms with Crippen molar-refractivity contribution in [3.05, 3.63) is 23.5 Å². The molecule has 0 saturated carbocycles. The van der Waals surface area contributed by atoms with Crippen molar-refractivity contribution < 1.29 is 13.9 Å². The van der Waals surface area contributed by atoms with E-state index >= 15 is 0 Å². The quantitative estimate of drug-likeness (QED) is 0.835. The summed E-state index contributed by atoms with van der Waals surface area (Å²) in [5.41, 5.74) is 6.49. The molecule has 0 aromatic heterocycles. The van der Waals surface area contributed by atoms with Crippen LogP contribution in [0.5, 0.6) is 11.5 Å². The number of rotatable bonds is 2. The third-order valence-corrected chi connectivity index (χ3v) is 2.37. The molecule has 1 aliphatic heterocycles. The molecule has 0 spiro atoms. The van der Waals surface area contributed by atoms with E-state index in [2.05, 4.69) is 0 Å². The summed E-state index contributed by atoms with van der Waals surface area (Å²) < 4.78 is 24.2. The lowest BCUT2D eigenvalue weighted by molar-refractivity contribution is 0.162. The zero-order valence-corrected chi connectivity index (χ0v) is 9.55. The highest BCUT2D eigenvalue weighted by atomic mass is 19.1. The van der Waals surface area contributed by atoms with Crippen molar-refractivity contribution in [1.82, 2.24) is 0 Å². The Balaban J connectivity index is 2.39. The molecule has 1 heterocycles. The number of benzene rings is 1. The first kappa shape index (κ1) is 11.2. The molecular formula is C12H16FNO2. The molecular weight excluding hydrogens is 209 g/mol. The fraction of sp³-hybridized carbons (Fsp3) is 0.500. The Hall–Kier alpha value is -1.29. The molecule has 1 aliphatic rings. The zero-order chi connectivity index (χ0) is 11.8. The number of hydrogen-bond donors (Lipinski definition) is 1. The third kappa shape index (κ3) is 2.27. The summed E-state index contributed by atoms with van der Waals surface area (Å²) in [5.74, 6) is 0.339. The molecule has 88 valence electrons. The fourth-order valence-corrected chi connectivity index (χ4v) is 1.79. The van der Waals surface area contributed by atoms with E-state index in [9.17, 15) is 4.39 Å². The van der Waals surface area contributed by atoms with Gasteiger partial charge in [-0.25, -0.2) is 4.39 Å². The molecule has 0 unspecified atom stereocenters. The van der Waals surface area contributed by atoms with Crippen LogP contribution >= 0.6 is 0 Å². The maximum Gasteiger partial charge on any atom is 0.197 e. The van der Waals surface area contributed by atoms with Gasteiger partial charge in [0, 0.05) is 11.1 Å². The van der Waals surface area contributed by atoms with Crippen LogP contribution in [0.3, 0.4) is 0 Å². The minimum Gasteiger partial charge on any atom is -0.486 e. The van der Waals surface area contributed by atoms with Crippen molar-refractivity contribution >= 4 is 0 Å². The van der Waals surface area contributed by atoms with Gasteiger partial charge in [0.1, 0.15) is 13.2 Å². The smallest absolute Gasteiger partial charge is 0.197 e. The summed E-state index contributed by atoms with van der Waals surface area (Å²) >= 11 is 0. The van der Waals surface area contributed by atoms with Crippen LogP contribution in [0, 0.1) is 5.82 Å². The first-order valence-electron chi connectivity index (χ1n) is 5.33. The SMILES string of the molecule is CC(C)(N)Cc1ccc(F)c2c1OCCO2. The second-order valence-electron chi connectivity index (χ2n) is 4.73. The van der Waals surface area contributed by atoms with Crippen molar-refractivity contribution in [3.63, 3.8) is 0 Å². The van der Waals surface area contributed by atoms with Crippen LogP contribution in [0.15, 0.2) is 12.1 Å². The summed E-state index contributed by atoms with van der Waals surface area (Å²) in [6.07, 6.45) is 0.624. The Labute approximate surface area is 94.3 Å². The molecule has 16 heavy (non-hydrogen) atoms. The summed E-state index contributed by atoms with van der Waals surface area (Å²) in [7, 11) is 0. The van der Waals surface area contributed by atoms with Crippen LogP contribution < -0.4 is 15.2 Å². The molecule has 2 rings (SSSR count). The van der Waals surface area contributed by atoms with Gasteiger partial charge in [-0.1, -0.05) is 6.07 Å². The van der Waals surface area contributed by atoms with Gasteiger partial charge in [-0.05, 0) is 26.3 Å².